The first-order chi connectivity index (χ1) is 13.9. The van der Waals surface area contributed by atoms with Gasteiger partial charge in [-0.3, -0.25) is 9.10 Å². The highest BCUT2D eigenvalue weighted by Gasteiger charge is 2.28. The molecule has 154 valence electrons. The molecule has 0 aromatic heterocycles. The number of rotatable bonds is 5. The Balaban J connectivity index is 1.44. The van der Waals surface area contributed by atoms with Crippen molar-refractivity contribution in [2.24, 2.45) is 0 Å². The lowest BCUT2D eigenvalue weighted by Gasteiger charge is -2.37. The van der Waals surface area contributed by atoms with Crippen LogP contribution < -0.4 is 18.7 Å². The number of carbonyl (C=O) groups is 1. The largest absolute Gasteiger partial charge is 0.454 e. The number of ether oxygens (including phenoxy) is 2. The summed E-state index contributed by atoms with van der Waals surface area (Å²) in [6.07, 6.45) is 1.10. The average Bonchev–Trinajstić information content (AvgIpc) is 3.19. The van der Waals surface area contributed by atoms with Crippen molar-refractivity contribution in [1.82, 2.24) is 4.90 Å². The van der Waals surface area contributed by atoms with E-state index in [1.807, 2.05) is 30.3 Å². The molecule has 0 aliphatic carbocycles. The predicted octanol–water partition coefficient (Wildman–Crippen LogP) is 1.53. The SMILES string of the molecule is CS(=O)(=O)N(CC(=O)N1CCN(c2ccccc2)CC1)c1ccc2c(c1)OCO2. The third-order valence-corrected chi connectivity index (χ3v) is 6.22. The Morgan fingerprint density at radius 2 is 1.69 bits per heavy atom. The zero-order valence-electron chi connectivity index (χ0n) is 16.2. The van der Waals surface area contributed by atoms with Crippen molar-refractivity contribution in [1.29, 1.82) is 0 Å². The van der Waals surface area contributed by atoms with Gasteiger partial charge in [0.05, 0.1) is 11.9 Å². The number of para-hydroxylation sites is 1. The van der Waals surface area contributed by atoms with Crippen LogP contribution in [0.25, 0.3) is 0 Å². The van der Waals surface area contributed by atoms with E-state index in [-0.39, 0.29) is 19.2 Å². The normalized spacial score (nSPS) is 16.0. The standard InChI is InChI=1S/C20H23N3O5S/c1-29(25,26)23(17-7-8-18-19(13-17)28-15-27-18)14-20(24)22-11-9-21(10-12-22)16-5-3-2-4-6-16/h2-8,13H,9-12,14-15H2,1H3. The van der Waals surface area contributed by atoms with Gasteiger partial charge in [0.1, 0.15) is 6.54 Å². The maximum atomic E-state index is 12.9. The number of carbonyl (C=O) groups excluding carboxylic acids is 1. The van der Waals surface area contributed by atoms with E-state index < -0.39 is 10.0 Å². The molecule has 8 nitrogen and oxygen atoms in total. The fourth-order valence-corrected chi connectivity index (χ4v) is 4.36. The molecule has 2 aromatic rings. The molecule has 1 amide bonds. The van der Waals surface area contributed by atoms with Crippen LogP contribution in [0.3, 0.4) is 0 Å². The summed E-state index contributed by atoms with van der Waals surface area (Å²) < 4.78 is 36.4. The summed E-state index contributed by atoms with van der Waals surface area (Å²) in [4.78, 5) is 16.8. The topological polar surface area (TPSA) is 79.4 Å². The Morgan fingerprint density at radius 1 is 1.00 bits per heavy atom. The molecule has 9 heteroatoms. The van der Waals surface area contributed by atoms with Crippen molar-refractivity contribution in [3.63, 3.8) is 0 Å². The molecular weight excluding hydrogens is 394 g/mol. The monoisotopic (exact) mass is 417 g/mol. The molecular formula is C20H23N3O5S. The summed E-state index contributed by atoms with van der Waals surface area (Å²) in [6, 6.07) is 14.9. The molecule has 0 saturated carbocycles. The summed E-state index contributed by atoms with van der Waals surface area (Å²) in [6.45, 7) is 2.36. The first-order valence-electron chi connectivity index (χ1n) is 9.37. The minimum absolute atomic E-state index is 0.0995. The number of amides is 1. The highest BCUT2D eigenvalue weighted by molar-refractivity contribution is 7.92. The molecule has 2 aliphatic rings. The molecule has 0 bridgehead atoms. The van der Waals surface area contributed by atoms with Gasteiger partial charge in [0.2, 0.25) is 22.7 Å². The Bertz CT molecular complexity index is 988. The van der Waals surface area contributed by atoms with E-state index in [0.29, 0.717) is 43.4 Å². The van der Waals surface area contributed by atoms with Crippen LogP contribution in [0.4, 0.5) is 11.4 Å². The molecule has 0 spiro atoms. The summed E-state index contributed by atoms with van der Waals surface area (Å²) in [7, 11) is -3.64. The van der Waals surface area contributed by atoms with E-state index >= 15 is 0 Å². The first kappa shape index (κ1) is 19.4. The molecule has 0 unspecified atom stereocenters. The molecule has 2 heterocycles. The van der Waals surface area contributed by atoms with Crippen LogP contribution >= 0.6 is 0 Å². The van der Waals surface area contributed by atoms with Crippen molar-refractivity contribution in [2.45, 2.75) is 0 Å². The summed E-state index contributed by atoms with van der Waals surface area (Å²) in [5, 5.41) is 0. The lowest BCUT2D eigenvalue weighted by Crippen LogP contribution is -2.52. The van der Waals surface area contributed by atoms with Gasteiger partial charge < -0.3 is 19.3 Å². The predicted molar refractivity (Wildman–Crippen MR) is 110 cm³/mol. The third-order valence-electron chi connectivity index (χ3n) is 5.08. The van der Waals surface area contributed by atoms with Gasteiger partial charge in [-0.15, -0.1) is 0 Å². The zero-order valence-corrected chi connectivity index (χ0v) is 17.0. The van der Waals surface area contributed by atoms with Crippen LogP contribution in [-0.4, -0.2) is 65.0 Å². The molecule has 0 atom stereocenters. The van der Waals surface area contributed by atoms with Gasteiger partial charge in [-0.2, -0.15) is 0 Å². The van der Waals surface area contributed by atoms with Crippen molar-refractivity contribution in [2.75, 3.05) is 55.0 Å². The van der Waals surface area contributed by atoms with Crippen LogP contribution in [0.1, 0.15) is 0 Å². The Kier molecular flexibility index (Phi) is 5.23. The fraction of sp³-hybridized carbons (Fsp3) is 0.350. The maximum Gasteiger partial charge on any atom is 0.243 e. The van der Waals surface area contributed by atoms with Gasteiger partial charge in [-0.1, -0.05) is 18.2 Å². The van der Waals surface area contributed by atoms with Gasteiger partial charge in [-0.25, -0.2) is 8.42 Å². The Morgan fingerprint density at radius 3 is 2.38 bits per heavy atom. The Hall–Kier alpha value is -2.94. The minimum Gasteiger partial charge on any atom is -0.454 e. The molecule has 2 aliphatic heterocycles. The summed E-state index contributed by atoms with van der Waals surface area (Å²) in [5.74, 6) is 0.812. The molecule has 4 rings (SSSR count). The van der Waals surface area contributed by atoms with Gasteiger partial charge in [-0.05, 0) is 24.3 Å². The first-order valence-corrected chi connectivity index (χ1v) is 11.2. The maximum absolute atomic E-state index is 12.9. The van der Waals surface area contributed by atoms with Crippen molar-refractivity contribution in [3.8, 4) is 11.5 Å². The number of nitrogens with zero attached hydrogens (tertiary/aromatic N) is 3. The quantitative estimate of drug-likeness (QED) is 0.734. The number of benzene rings is 2. The number of anilines is 2. The van der Waals surface area contributed by atoms with Crippen molar-refractivity contribution < 1.29 is 22.7 Å². The van der Waals surface area contributed by atoms with Gasteiger partial charge in [0.25, 0.3) is 0 Å². The van der Waals surface area contributed by atoms with Gasteiger partial charge >= 0.3 is 0 Å². The van der Waals surface area contributed by atoms with Gasteiger partial charge in [0, 0.05) is 37.9 Å². The van der Waals surface area contributed by atoms with Crippen molar-refractivity contribution in [3.05, 3.63) is 48.5 Å². The molecule has 1 fully saturated rings. The summed E-state index contributed by atoms with van der Waals surface area (Å²) >= 11 is 0. The van der Waals surface area contributed by atoms with Gasteiger partial charge in [0.15, 0.2) is 11.5 Å². The third kappa shape index (κ3) is 4.24. The number of hydrogen-bond acceptors (Lipinski definition) is 6. The second kappa shape index (κ2) is 7.82. The average molecular weight is 417 g/mol. The molecule has 29 heavy (non-hydrogen) atoms. The van der Waals surface area contributed by atoms with E-state index in [1.165, 1.54) is 0 Å². The highest BCUT2D eigenvalue weighted by atomic mass is 32.2. The minimum atomic E-state index is -3.64. The smallest absolute Gasteiger partial charge is 0.243 e. The molecule has 0 radical (unpaired) electrons. The van der Waals surface area contributed by atoms with E-state index in [9.17, 15) is 13.2 Å². The zero-order chi connectivity index (χ0) is 20.4. The van der Waals surface area contributed by atoms with E-state index in [1.54, 1.807) is 23.1 Å². The highest BCUT2D eigenvalue weighted by Crippen LogP contribution is 2.36. The number of fused-ring (bicyclic) bond motifs is 1. The number of hydrogen-bond donors (Lipinski definition) is 0. The lowest BCUT2D eigenvalue weighted by atomic mass is 10.2. The second-order valence-electron chi connectivity index (χ2n) is 7.01. The molecule has 2 aromatic carbocycles. The van der Waals surface area contributed by atoms with Crippen LogP contribution in [-0.2, 0) is 14.8 Å². The van der Waals surface area contributed by atoms with E-state index in [4.69, 9.17) is 9.47 Å². The van der Waals surface area contributed by atoms with Crippen molar-refractivity contribution >= 4 is 27.3 Å². The van der Waals surface area contributed by atoms with Crippen LogP contribution in [0.2, 0.25) is 0 Å². The van der Waals surface area contributed by atoms with E-state index in [2.05, 4.69) is 4.90 Å². The lowest BCUT2D eigenvalue weighted by molar-refractivity contribution is -0.129. The number of piperazine rings is 1. The fourth-order valence-electron chi connectivity index (χ4n) is 3.52. The van der Waals surface area contributed by atoms with E-state index in [0.717, 1.165) is 16.2 Å². The Labute approximate surface area is 170 Å². The van der Waals surface area contributed by atoms with Crippen LogP contribution in [0, 0.1) is 0 Å². The van der Waals surface area contributed by atoms with Crippen LogP contribution in [0.15, 0.2) is 48.5 Å². The number of sulfonamides is 1. The van der Waals surface area contributed by atoms with Crippen LogP contribution in [0.5, 0.6) is 11.5 Å². The molecule has 0 N–H and O–H groups in total. The summed E-state index contributed by atoms with van der Waals surface area (Å²) in [5.41, 5.74) is 1.51. The second-order valence-corrected chi connectivity index (χ2v) is 8.92. The molecule has 1 saturated heterocycles.